The van der Waals surface area contributed by atoms with Gasteiger partial charge in [0.15, 0.2) is 0 Å². The summed E-state index contributed by atoms with van der Waals surface area (Å²) in [5.41, 5.74) is 5.15. The van der Waals surface area contributed by atoms with Crippen molar-refractivity contribution in [3.05, 3.63) is 106 Å². The van der Waals surface area contributed by atoms with E-state index in [9.17, 15) is 9.59 Å². The van der Waals surface area contributed by atoms with E-state index in [0.717, 1.165) is 40.7 Å². The SMILES string of the molecule is CCCCNC(=O)[C@@H](Cc1ccccc1)N(Cc1ccc(Cl)cc1)C(=O)Cc1cc(C)cc(C)c1. The molecule has 0 aromatic heterocycles. The van der Waals surface area contributed by atoms with Crippen LogP contribution >= 0.6 is 11.6 Å². The molecule has 0 aliphatic rings. The average molecular weight is 491 g/mol. The second kappa shape index (κ2) is 13.1. The van der Waals surface area contributed by atoms with E-state index in [2.05, 4.69) is 18.3 Å². The lowest BCUT2D eigenvalue weighted by molar-refractivity contribution is -0.140. The predicted molar refractivity (Wildman–Crippen MR) is 143 cm³/mol. The number of nitrogens with one attached hydrogen (secondary N) is 1. The highest BCUT2D eigenvalue weighted by atomic mass is 35.5. The van der Waals surface area contributed by atoms with E-state index in [0.29, 0.717) is 24.5 Å². The van der Waals surface area contributed by atoms with Crippen molar-refractivity contribution in [3.8, 4) is 0 Å². The van der Waals surface area contributed by atoms with Crippen molar-refractivity contribution in [2.45, 2.75) is 59.0 Å². The molecule has 4 nitrogen and oxygen atoms in total. The van der Waals surface area contributed by atoms with Crippen LogP contribution in [0.1, 0.15) is 47.6 Å². The summed E-state index contributed by atoms with van der Waals surface area (Å²) in [5.74, 6) is -0.193. The number of unbranched alkanes of at least 4 members (excludes halogenated alkanes) is 1. The van der Waals surface area contributed by atoms with Gasteiger partial charge < -0.3 is 10.2 Å². The third-order valence-electron chi connectivity index (χ3n) is 6.00. The summed E-state index contributed by atoms with van der Waals surface area (Å²) in [5, 5.41) is 3.70. The maximum absolute atomic E-state index is 13.8. The topological polar surface area (TPSA) is 49.4 Å². The van der Waals surface area contributed by atoms with Crippen LogP contribution < -0.4 is 5.32 Å². The number of nitrogens with zero attached hydrogens (tertiary/aromatic N) is 1. The van der Waals surface area contributed by atoms with Gasteiger partial charge in [-0.25, -0.2) is 0 Å². The van der Waals surface area contributed by atoms with Crippen LogP contribution in [0.3, 0.4) is 0 Å². The third-order valence-corrected chi connectivity index (χ3v) is 6.26. The summed E-state index contributed by atoms with van der Waals surface area (Å²) < 4.78 is 0. The van der Waals surface area contributed by atoms with Crippen LogP contribution in [0.2, 0.25) is 5.02 Å². The molecule has 0 fully saturated rings. The van der Waals surface area contributed by atoms with Crippen molar-refractivity contribution < 1.29 is 9.59 Å². The van der Waals surface area contributed by atoms with Crippen molar-refractivity contribution in [1.82, 2.24) is 10.2 Å². The fourth-order valence-electron chi connectivity index (χ4n) is 4.29. The van der Waals surface area contributed by atoms with E-state index < -0.39 is 6.04 Å². The Morgan fingerprint density at radius 2 is 1.54 bits per heavy atom. The fourth-order valence-corrected chi connectivity index (χ4v) is 4.42. The molecule has 0 saturated heterocycles. The summed E-state index contributed by atoms with van der Waals surface area (Å²) in [6.07, 6.45) is 2.58. The highest BCUT2D eigenvalue weighted by Gasteiger charge is 2.30. The number of hydrogen-bond donors (Lipinski definition) is 1. The van der Waals surface area contributed by atoms with Gasteiger partial charge in [0, 0.05) is 24.5 Å². The van der Waals surface area contributed by atoms with Gasteiger partial charge in [0.25, 0.3) is 0 Å². The number of carbonyl (C=O) groups excluding carboxylic acids is 2. The molecule has 0 aliphatic carbocycles. The first kappa shape index (κ1) is 26.5. The van der Waals surface area contributed by atoms with Crippen molar-refractivity contribution in [2.24, 2.45) is 0 Å². The van der Waals surface area contributed by atoms with Crippen molar-refractivity contribution in [3.63, 3.8) is 0 Å². The molecule has 0 aliphatic heterocycles. The van der Waals surface area contributed by atoms with Gasteiger partial charge in [-0.15, -0.1) is 0 Å². The van der Waals surface area contributed by atoms with E-state index in [1.54, 1.807) is 4.90 Å². The second-order valence-electron chi connectivity index (χ2n) is 9.17. The minimum atomic E-state index is -0.622. The lowest BCUT2D eigenvalue weighted by atomic mass is 10.00. The van der Waals surface area contributed by atoms with Gasteiger partial charge >= 0.3 is 0 Å². The summed E-state index contributed by atoms with van der Waals surface area (Å²) in [7, 11) is 0. The Bertz CT molecular complexity index is 1090. The first-order valence-corrected chi connectivity index (χ1v) is 12.7. The van der Waals surface area contributed by atoms with Gasteiger partial charge in [-0.1, -0.05) is 96.7 Å². The highest BCUT2D eigenvalue weighted by molar-refractivity contribution is 6.30. The molecule has 0 bridgehead atoms. The Morgan fingerprint density at radius 1 is 0.886 bits per heavy atom. The van der Waals surface area contributed by atoms with Crippen LogP contribution in [0.4, 0.5) is 0 Å². The Balaban J connectivity index is 1.95. The maximum Gasteiger partial charge on any atom is 0.243 e. The molecule has 0 radical (unpaired) electrons. The first-order chi connectivity index (χ1) is 16.9. The number of aryl methyl sites for hydroxylation is 2. The number of rotatable bonds is 11. The normalized spacial score (nSPS) is 11.7. The lowest BCUT2D eigenvalue weighted by Gasteiger charge is -2.32. The molecular formula is C30H35ClN2O2. The van der Waals surface area contributed by atoms with Crippen LogP contribution in [0.5, 0.6) is 0 Å². The van der Waals surface area contributed by atoms with Crippen molar-refractivity contribution in [1.29, 1.82) is 0 Å². The molecule has 1 atom stereocenters. The zero-order valence-corrected chi connectivity index (χ0v) is 21.6. The van der Waals surface area contributed by atoms with Crippen molar-refractivity contribution >= 4 is 23.4 Å². The fraction of sp³-hybridized carbons (Fsp3) is 0.333. The number of halogens is 1. The Kier molecular flexibility index (Phi) is 9.92. The first-order valence-electron chi connectivity index (χ1n) is 12.3. The van der Waals surface area contributed by atoms with Crippen LogP contribution in [-0.2, 0) is 29.0 Å². The van der Waals surface area contributed by atoms with Gasteiger partial charge in [-0.2, -0.15) is 0 Å². The highest BCUT2D eigenvalue weighted by Crippen LogP contribution is 2.19. The zero-order chi connectivity index (χ0) is 25.2. The van der Waals surface area contributed by atoms with Crippen LogP contribution in [0.25, 0.3) is 0 Å². The number of amides is 2. The quantitative estimate of drug-likeness (QED) is 0.332. The number of benzene rings is 3. The molecule has 3 aromatic rings. The Hall–Kier alpha value is -3.11. The summed E-state index contributed by atoms with van der Waals surface area (Å²) >= 11 is 6.09. The van der Waals surface area contributed by atoms with Gasteiger partial charge in [-0.05, 0) is 49.1 Å². The van der Waals surface area contributed by atoms with Crippen LogP contribution in [0, 0.1) is 13.8 Å². The minimum Gasteiger partial charge on any atom is -0.354 e. The molecule has 3 aromatic carbocycles. The molecule has 35 heavy (non-hydrogen) atoms. The van der Waals surface area contributed by atoms with E-state index in [1.807, 2.05) is 80.6 Å². The van der Waals surface area contributed by atoms with E-state index >= 15 is 0 Å². The summed E-state index contributed by atoms with van der Waals surface area (Å²) in [6, 6.07) is 22.9. The van der Waals surface area contributed by atoms with Gasteiger partial charge in [-0.3, -0.25) is 9.59 Å². The standard InChI is InChI=1S/C30H35ClN2O2/c1-4-5-15-32-30(35)28(19-24-9-7-6-8-10-24)33(21-25-11-13-27(31)14-12-25)29(34)20-26-17-22(2)16-23(3)18-26/h6-14,16-18,28H,4-5,15,19-21H2,1-3H3,(H,32,35)/t28-/m1/s1. The monoisotopic (exact) mass is 490 g/mol. The number of hydrogen-bond acceptors (Lipinski definition) is 2. The van der Waals surface area contributed by atoms with E-state index in [-0.39, 0.29) is 18.2 Å². The largest absolute Gasteiger partial charge is 0.354 e. The minimum absolute atomic E-state index is 0.0727. The average Bonchev–Trinajstić information content (AvgIpc) is 2.82. The van der Waals surface area contributed by atoms with Crippen LogP contribution in [-0.4, -0.2) is 29.3 Å². The molecule has 0 saturated carbocycles. The second-order valence-corrected chi connectivity index (χ2v) is 9.61. The summed E-state index contributed by atoms with van der Waals surface area (Å²) in [6.45, 7) is 7.09. The smallest absolute Gasteiger partial charge is 0.243 e. The maximum atomic E-state index is 13.8. The lowest BCUT2D eigenvalue weighted by Crippen LogP contribution is -2.51. The summed E-state index contributed by atoms with van der Waals surface area (Å²) in [4.78, 5) is 29.0. The number of carbonyl (C=O) groups is 2. The van der Waals surface area contributed by atoms with E-state index in [1.165, 1.54) is 0 Å². The van der Waals surface area contributed by atoms with Crippen LogP contribution in [0.15, 0.2) is 72.8 Å². The molecule has 0 heterocycles. The van der Waals surface area contributed by atoms with Gasteiger partial charge in [0.05, 0.1) is 6.42 Å². The predicted octanol–water partition coefficient (Wildman–Crippen LogP) is 6.06. The molecule has 5 heteroatoms. The van der Waals surface area contributed by atoms with Gasteiger partial charge in [0.1, 0.15) is 6.04 Å². The molecule has 0 spiro atoms. The van der Waals surface area contributed by atoms with Crippen molar-refractivity contribution in [2.75, 3.05) is 6.54 Å². The molecular weight excluding hydrogens is 456 g/mol. The van der Waals surface area contributed by atoms with E-state index in [4.69, 9.17) is 11.6 Å². The molecule has 3 rings (SSSR count). The molecule has 184 valence electrons. The Morgan fingerprint density at radius 3 is 2.17 bits per heavy atom. The Labute approximate surface area is 214 Å². The third kappa shape index (κ3) is 8.25. The molecule has 2 amide bonds. The molecule has 0 unspecified atom stereocenters. The van der Waals surface area contributed by atoms with Gasteiger partial charge in [0.2, 0.25) is 11.8 Å². The zero-order valence-electron chi connectivity index (χ0n) is 20.9. The molecule has 1 N–H and O–H groups in total.